The number of carbonyl (C=O) groups excluding carboxylic acids is 1. The maximum absolute atomic E-state index is 12.3. The highest BCUT2D eigenvalue weighted by Gasteiger charge is 2.31. The highest BCUT2D eigenvalue weighted by Crippen LogP contribution is 2.35. The summed E-state index contributed by atoms with van der Waals surface area (Å²) in [5.41, 5.74) is 3.11. The molecular formula is C34H51ClF3NO3. The summed E-state index contributed by atoms with van der Waals surface area (Å²) in [6.45, 7) is 20.4. The highest BCUT2D eigenvalue weighted by atomic mass is 35.5. The molecule has 42 heavy (non-hydrogen) atoms. The number of hydrogen-bond acceptors (Lipinski definition) is 4. The minimum atomic E-state index is -4.72. The molecule has 1 atom stereocenters. The summed E-state index contributed by atoms with van der Waals surface area (Å²) in [5, 5.41) is 12.1. The number of rotatable bonds is 14. The van der Waals surface area contributed by atoms with Crippen molar-refractivity contribution in [2.24, 2.45) is 11.8 Å². The normalized spacial score (nSPS) is 13.1. The fraction of sp³-hybridized carbons (Fsp3) is 0.500. The van der Waals surface area contributed by atoms with Gasteiger partial charge in [-0.15, -0.1) is 13.2 Å². The molecule has 1 aromatic rings. The molecule has 1 aromatic carbocycles. The number of benzene rings is 1. The summed E-state index contributed by atoms with van der Waals surface area (Å²) < 4.78 is 40.9. The molecule has 0 saturated heterocycles. The van der Waals surface area contributed by atoms with Crippen molar-refractivity contribution in [2.75, 3.05) is 11.9 Å². The summed E-state index contributed by atoms with van der Waals surface area (Å²) in [6.07, 6.45) is 8.90. The molecule has 0 bridgehead atoms. The number of aliphatic hydroxyl groups is 1. The molecule has 0 radical (unpaired) electrons. The molecule has 2 N–H and O–H groups in total. The van der Waals surface area contributed by atoms with Crippen molar-refractivity contribution >= 4 is 23.1 Å². The van der Waals surface area contributed by atoms with E-state index in [0.717, 1.165) is 36.8 Å². The van der Waals surface area contributed by atoms with Gasteiger partial charge in [0.05, 0.1) is 6.61 Å². The van der Waals surface area contributed by atoms with Crippen molar-refractivity contribution in [1.82, 2.24) is 0 Å². The van der Waals surface area contributed by atoms with Crippen LogP contribution in [0.15, 0.2) is 83.1 Å². The third-order valence-electron chi connectivity index (χ3n) is 5.86. The second-order valence-electron chi connectivity index (χ2n) is 9.48. The van der Waals surface area contributed by atoms with Gasteiger partial charge in [-0.1, -0.05) is 91.3 Å². The van der Waals surface area contributed by atoms with Gasteiger partial charge < -0.3 is 15.2 Å². The standard InChI is InChI=1S/C23H29ClF3NO.C8H14O2.C3H8/c1-6-10-20(17(8-3)9-4)22(21(24)11-7-2)16(5)28-18-12-14-19(15-13-18)29-23(25,26)27;1-3-7(2)8(10)5-4-6-9;1-3-2/h7,10-15,17,28H,5-6,8-9H2,1-4H3;4-5,7,9H,3,6H2,1-2H3;3H2,1-2H3/b11-7-,20-10+,22-21-;5-4+;. The van der Waals surface area contributed by atoms with Crippen molar-refractivity contribution in [3.63, 3.8) is 0 Å². The van der Waals surface area contributed by atoms with E-state index < -0.39 is 6.36 Å². The molecule has 4 nitrogen and oxygen atoms in total. The Kier molecular flexibility index (Phi) is 23.4. The molecule has 0 spiro atoms. The van der Waals surface area contributed by atoms with E-state index in [4.69, 9.17) is 16.7 Å². The third kappa shape index (κ3) is 17.9. The van der Waals surface area contributed by atoms with Gasteiger partial charge in [-0.3, -0.25) is 4.79 Å². The molecule has 238 valence electrons. The van der Waals surface area contributed by atoms with Crippen LogP contribution >= 0.6 is 11.6 Å². The number of halogens is 4. The Balaban J connectivity index is 0. The Hall–Kier alpha value is -2.77. The van der Waals surface area contributed by atoms with Gasteiger partial charge in [-0.25, -0.2) is 0 Å². The average molecular weight is 614 g/mol. The topological polar surface area (TPSA) is 58.6 Å². The molecule has 0 amide bonds. The SMILES string of the molecule is C=C(Nc1ccc(OC(F)(F)F)cc1)C(/C(=C/CC)C(CC)CC)=C(Cl)\C=C/C.CCC.CCC(C)C(=O)/C=C/CO. The number of ketones is 1. The first-order chi connectivity index (χ1) is 19.8. The quantitative estimate of drug-likeness (QED) is 0.162. The van der Waals surface area contributed by atoms with Crippen LogP contribution < -0.4 is 10.1 Å². The predicted molar refractivity (Wildman–Crippen MR) is 173 cm³/mol. The van der Waals surface area contributed by atoms with Crippen LogP contribution in [0.1, 0.15) is 87.5 Å². The van der Waals surface area contributed by atoms with Gasteiger partial charge >= 0.3 is 6.36 Å². The van der Waals surface area contributed by atoms with Crippen LogP contribution in [-0.4, -0.2) is 23.9 Å². The van der Waals surface area contributed by atoms with Crippen LogP contribution in [0.4, 0.5) is 18.9 Å². The second-order valence-corrected chi connectivity index (χ2v) is 9.89. The van der Waals surface area contributed by atoms with Crippen molar-refractivity contribution in [2.45, 2.75) is 93.9 Å². The Morgan fingerprint density at radius 2 is 1.60 bits per heavy atom. The van der Waals surface area contributed by atoms with Gasteiger partial charge in [-0.2, -0.15) is 0 Å². The van der Waals surface area contributed by atoms with Gasteiger partial charge in [0, 0.05) is 27.9 Å². The number of aliphatic hydroxyl groups excluding tert-OH is 1. The number of ether oxygens (including phenoxy) is 1. The lowest BCUT2D eigenvalue weighted by atomic mass is 9.86. The van der Waals surface area contributed by atoms with Crippen LogP contribution in [0, 0.1) is 11.8 Å². The Bertz CT molecular complexity index is 1020. The summed E-state index contributed by atoms with van der Waals surface area (Å²) in [6, 6.07) is 5.52. The number of carbonyl (C=O) groups is 1. The summed E-state index contributed by atoms with van der Waals surface area (Å²) >= 11 is 6.60. The van der Waals surface area contributed by atoms with Crippen molar-refractivity contribution in [3.05, 3.63) is 83.1 Å². The lowest BCUT2D eigenvalue weighted by molar-refractivity contribution is -0.274. The minimum Gasteiger partial charge on any atom is -0.406 e. The number of anilines is 1. The molecule has 1 rings (SSSR count). The van der Waals surface area contributed by atoms with Crippen LogP contribution in [0.5, 0.6) is 5.75 Å². The third-order valence-corrected chi connectivity index (χ3v) is 6.18. The summed E-state index contributed by atoms with van der Waals surface area (Å²) in [5.74, 6) is 0.226. The Morgan fingerprint density at radius 3 is 2.00 bits per heavy atom. The predicted octanol–water partition coefficient (Wildman–Crippen LogP) is 10.9. The molecule has 0 aliphatic heterocycles. The van der Waals surface area contributed by atoms with Crippen LogP contribution in [-0.2, 0) is 4.79 Å². The van der Waals surface area contributed by atoms with E-state index in [1.54, 1.807) is 0 Å². The maximum Gasteiger partial charge on any atom is 0.573 e. The van der Waals surface area contributed by atoms with E-state index in [-0.39, 0.29) is 24.1 Å². The maximum atomic E-state index is 12.3. The lowest BCUT2D eigenvalue weighted by Crippen LogP contribution is -2.17. The van der Waals surface area contributed by atoms with E-state index in [0.29, 0.717) is 22.3 Å². The van der Waals surface area contributed by atoms with Crippen molar-refractivity contribution < 1.29 is 27.8 Å². The molecule has 1 unspecified atom stereocenters. The van der Waals surface area contributed by atoms with E-state index >= 15 is 0 Å². The van der Waals surface area contributed by atoms with Gasteiger partial charge in [-0.05, 0) is 80.5 Å². The van der Waals surface area contributed by atoms with E-state index in [1.165, 1.54) is 42.8 Å². The first kappa shape index (κ1) is 41.4. The molecule has 0 aliphatic carbocycles. The van der Waals surface area contributed by atoms with Gasteiger partial charge in [0.15, 0.2) is 5.78 Å². The van der Waals surface area contributed by atoms with Gasteiger partial charge in [0.2, 0.25) is 0 Å². The number of nitrogens with one attached hydrogen (secondary N) is 1. The zero-order valence-corrected chi connectivity index (χ0v) is 27.3. The zero-order chi connectivity index (χ0) is 32.7. The first-order valence-electron chi connectivity index (χ1n) is 14.7. The summed E-state index contributed by atoms with van der Waals surface area (Å²) in [4.78, 5) is 10.9. The molecular weight excluding hydrogens is 563 g/mol. The van der Waals surface area contributed by atoms with Gasteiger partial charge in [0.25, 0.3) is 0 Å². The van der Waals surface area contributed by atoms with E-state index in [9.17, 15) is 18.0 Å². The zero-order valence-electron chi connectivity index (χ0n) is 26.6. The number of hydrogen-bond donors (Lipinski definition) is 2. The smallest absolute Gasteiger partial charge is 0.406 e. The second kappa shape index (κ2) is 23.8. The van der Waals surface area contributed by atoms with Gasteiger partial charge in [0.1, 0.15) is 5.75 Å². The van der Waals surface area contributed by atoms with Crippen LogP contribution in [0.3, 0.4) is 0 Å². The van der Waals surface area contributed by atoms with Crippen molar-refractivity contribution in [1.29, 1.82) is 0 Å². The monoisotopic (exact) mass is 613 g/mol. The first-order valence-corrected chi connectivity index (χ1v) is 15.0. The number of allylic oxidation sites excluding steroid dienone is 6. The minimum absolute atomic E-state index is 0.0534. The number of alkyl halides is 3. The molecule has 0 fully saturated rings. The molecule has 8 heteroatoms. The molecule has 0 aliphatic rings. The average Bonchev–Trinajstić information content (AvgIpc) is 2.93. The van der Waals surface area contributed by atoms with Crippen molar-refractivity contribution in [3.8, 4) is 5.75 Å². The van der Waals surface area contributed by atoms with Crippen LogP contribution in [0.25, 0.3) is 0 Å². The largest absolute Gasteiger partial charge is 0.573 e. The highest BCUT2D eigenvalue weighted by molar-refractivity contribution is 6.32. The Morgan fingerprint density at radius 1 is 1.05 bits per heavy atom. The fourth-order valence-corrected chi connectivity index (χ4v) is 3.97. The lowest BCUT2D eigenvalue weighted by Gasteiger charge is -2.24. The van der Waals surface area contributed by atoms with Crippen LogP contribution in [0.2, 0.25) is 0 Å². The molecule has 0 heterocycles. The molecule has 0 saturated carbocycles. The Labute approximate surface area is 257 Å². The van der Waals surface area contributed by atoms with E-state index in [1.807, 2.05) is 32.9 Å². The van der Waals surface area contributed by atoms with E-state index in [2.05, 4.69) is 57.3 Å². The molecule has 0 aromatic heterocycles. The summed E-state index contributed by atoms with van der Waals surface area (Å²) in [7, 11) is 0. The fourth-order valence-electron chi connectivity index (χ4n) is 3.62.